The number of hydrogen-bond donors (Lipinski definition) is 1. The smallest absolute Gasteiger partial charge is 0.237 e. The van der Waals surface area contributed by atoms with E-state index in [0.29, 0.717) is 6.54 Å². The molecule has 0 aliphatic carbocycles. The molecule has 0 fully saturated rings. The molecule has 3 heterocycles. The minimum Gasteiger partial charge on any atom is -0.351 e. The van der Waals surface area contributed by atoms with Crippen LogP contribution in [0.3, 0.4) is 0 Å². The van der Waals surface area contributed by atoms with E-state index in [0.717, 1.165) is 23.6 Å². The van der Waals surface area contributed by atoms with Gasteiger partial charge in [0.2, 0.25) is 5.91 Å². The van der Waals surface area contributed by atoms with Crippen LogP contribution in [-0.2, 0) is 17.8 Å². The molecule has 6 heteroatoms. The second-order valence-corrected chi connectivity index (χ2v) is 8.03. The zero-order chi connectivity index (χ0) is 15.7. The van der Waals surface area contributed by atoms with E-state index in [9.17, 15) is 4.79 Å². The average Bonchev–Trinajstić information content (AvgIpc) is 3.05. The van der Waals surface area contributed by atoms with E-state index in [-0.39, 0.29) is 17.2 Å². The topological polar surface area (TPSA) is 46.9 Å². The van der Waals surface area contributed by atoms with Gasteiger partial charge in [0.25, 0.3) is 0 Å². The van der Waals surface area contributed by atoms with E-state index < -0.39 is 0 Å². The molecule has 2 aromatic rings. The van der Waals surface area contributed by atoms with Gasteiger partial charge in [0.05, 0.1) is 12.2 Å². The Kier molecular flexibility index (Phi) is 4.59. The monoisotopic (exact) mass is 335 g/mol. The third-order valence-corrected chi connectivity index (χ3v) is 6.09. The predicted molar refractivity (Wildman–Crippen MR) is 92.5 cm³/mol. The van der Waals surface area contributed by atoms with Crippen molar-refractivity contribution in [2.45, 2.75) is 45.0 Å². The van der Waals surface area contributed by atoms with Crippen LogP contribution in [0.4, 0.5) is 0 Å². The number of nitrogens with one attached hydrogen (secondary N) is 1. The second kappa shape index (κ2) is 6.46. The SMILES string of the molecule is Cc1cc(C)n(CC(C)NC(=O)C2SCCc3sccc32)n1. The highest BCUT2D eigenvalue weighted by atomic mass is 32.2. The molecule has 22 heavy (non-hydrogen) atoms. The Balaban J connectivity index is 1.64. The predicted octanol–water partition coefficient (Wildman–Crippen LogP) is 3.10. The Morgan fingerprint density at radius 1 is 1.55 bits per heavy atom. The third-order valence-electron chi connectivity index (χ3n) is 3.85. The Morgan fingerprint density at radius 3 is 3.09 bits per heavy atom. The van der Waals surface area contributed by atoms with Crippen molar-refractivity contribution in [3.8, 4) is 0 Å². The molecule has 0 saturated carbocycles. The summed E-state index contributed by atoms with van der Waals surface area (Å²) in [7, 11) is 0. The summed E-state index contributed by atoms with van der Waals surface area (Å²) in [4.78, 5) is 14.0. The molecule has 0 saturated heterocycles. The number of aromatic nitrogens is 2. The summed E-state index contributed by atoms with van der Waals surface area (Å²) in [5.41, 5.74) is 3.35. The van der Waals surface area contributed by atoms with E-state index in [1.165, 1.54) is 10.4 Å². The Labute approximate surface area is 139 Å². The number of amides is 1. The van der Waals surface area contributed by atoms with Gasteiger partial charge in [0, 0.05) is 16.6 Å². The van der Waals surface area contributed by atoms with E-state index in [1.54, 1.807) is 23.1 Å². The maximum atomic E-state index is 12.6. The van der Waals surface area contributed by atoms with Gasteiger partial charge in [0.15, 0.2) is 0 Å². The van der Waals surface area contributed by atoms with Crippen LogP contribution in [0.2, 0.25) is 0 Å². The summed E-state index contributed by atoms with van der Waals surface area (Å²) in [6, 6.07) is 4.22. The van der Waals surface area contributed by atoms with E-state index in [4.69, 9.17) is 0 Å². The van der Waals surface area contributed by atoms with Crippen LogP contribution in [0.5, 0.6) is 0 Å². The van der Waals surface area contributed by atoms with Gasteiger partial charge in [0.1, 0.15) is 5.25 Å². The standard InChI is InChI=1S/C16H21N3OS2/c1-10-8-12(3)19(18-10)9-11(2)17-16(20)15-13-4-6-21-14(13)5-7-22-15/h4,6,8,11,15H,5,7,9H2,1-3H3,(H,17,20). The summed E-state index contributed by atoms with van der Waals surface area (Å²) in [5.74, 6) is 1.15. The quantitative estimate of drug-likeness (QED) is 0.934. The molecule has 3 rings (SSSR count). The van der Waals surface area contributed by atoms with Crippen molar-refractivity contribution in [3.63, 3.8) is 0 Å². The lowest BCUT2D eigenvalue weighted by atomic mass is 10.1. The number of thiophene rings is 1. The zero-order valence-corrected chi connectivity index (χ0v) is 14.8. The summed E-state index contributed by atoms with van der Waals surface area (Å²) in [5, 5.41) is 9.64. The molecule has 0 radical (unpaired) electrons. The van der Waals surface area contributed by atoms with Crippen LogP contribution in [-0.4, -0.2) is 27.5 Å². The summed E-state index contributed by atoms with van der Waals surface area (Å²) >= 11 is 3.51. The van der Waals surface area contributed by atoms with E-state index in [2.05, 4.69) is 27.9 Å². The molecule has 4 nitrogen and oxygen atoms in total. The number of carbonyl (C=O) groups is 1. The van der Waals surface area contributed by atoms with Crippen molar-refractivity contribution < 1.29 is 4.79 Å². The first-order chi connectivity index (χ1) is 10.5. The molecule has 0 spiro atoms. The number of rotatable bonds is 4. The molecular formula is C16H21N3OS2. The van der Waals surface area contributed by atoms with Gasteiger partial charge in [-0.1, -0.05) is 0 Å². The first-order valence-corrected chi connectivity index (χ1v) is 9.46. The molecule has 118 valence electrons. The Hall–Kier alpha value is -1.27. The fourth-order valence-electron chi connectivity index (χ4n) is 2.85. The minimum atomic E-state index is -0.0575. The van der Waals surface area contributed by atoms with E-state index in [1.807, 2.05) is 25.5 Å². The van der Waals surface area contributed by atoms with Crippen LogP contribution < -0.4 is 5.32 Å². The maximum Gasteiger partial charge on any atom is 0.237 e. The van der Waals surface area contributed by atoms with Crippen LogP contribution in [0.15, 0.2) is 17.5 Å². The second-order valence-electron chi connectivity index (χ2n) is 5.82. The summed E-state index contributed by atoms with van der Waals surface area (Å²) < 4.78 is 1.96. The largest absolute Gasteiger partial charge is 0.351 e. The van der Waals surface area contributed by atoms with Gasteiger partial charge < -0.3 is 5.32 Å². The lowest BCUT2D eigenvalue weighted by molar-refractivity contribution is -0.121. The fraction of sp³-hybridized carbons (Fsp3) is 0.500. The molecule has 1 aliphatic rings. The molecular weight excluding hydrogens is 314 g/mol. The normalized spacial score (nSPS) is 18.8. The van der Waals surface area contributed by atoms with Crippen molar-refractivity contribution in [3.05, 3.63) is 39.3 Å². The number of hydrogen-bond acceptors (Lipinski definition) is 4. The molecule has 2 atom stereocenters. The molecule has 2 unspecified atom stereocenters. The van der Waals surface area contributed by atoms with E-state index >= 15 is 0 Å². The van der Waals surface area contributed by atoms with Gasteiger partial charge in [-0.05, 0) is 56.0 Å². The lowest BCUT2D eigenvalue weighted by Crippen LogP contribution is -2.39. The average molecular weight is 335 g/mol. The van der Waals surface area contributed by atoms with Gasteiger partial charge in [-0.25, -0.2) is 0 Å². The van der Waals surface area contributed by atoms with Crippen LogP contribution in [0, 0.1) is 13.8 Å². The minimum absolute atomic E-state index is 0.0575. The van der Waals surface area contributed by atoms with Gasteiger partial charge in [-0.2, -0.15) is 5.10 Å². The van der Waals surface area contributed by atoms with Gasteiger partial charge in [-0.3, -0.25) is 9.48 Å². The summed E-state index contributed by atoms with van der Waals surface area (Å²) in [6.07, 6.45) is 1.09. The van der Waals surface area contributed by atoms with Gasteiger partial charge in [-0.15, -0.1) is 23.1 Å². The Morgan fingerprint density at radius 2 is 2.36 bits per heavy atom. The molecule has 2 aromatic heterocycles. The highest BCUT2D eigenvalue weighted by Crippen LogP contribution is 2.39. The van der Waals surface area contributed by atoms with Crippen molar-refractivity contribution in [2.24, 2.45) is 0 Å². The third kappa shape index (κ3) is 3.22. The molecule has 1 amide bonds. The Bertz CT molecular complexity index is 677. The van der Waals surface area contributed by atoms with Crippen LogP contribution in [0.1, 0.15) is 34.0 Å². The number of carbonyl (C=O) groups excluding carboxylic acids is 1. The first kappa shape index (κ1) is 15.6. The molecule has 0 aromatic carbocycles. The van der Waals surface area contributed by atoms with Gasteiger partial charge >= 0.3 is 0 Å². The number of fused-ring (bicyclic) bond motifs is 1. The maximum absolute atomic E-state index is 12.6. The highest BCUT2D eigenvalue weighted by Gasteiger charge is 2.28. The summed E-state index contributed by atoms with van der Waals surface area (Å²) in [6.45, 7) is 6.78. The highest BCUT2D eigenvalue weighted by molar-refractivity contribution is 8.00. The fourth-order valence-corrected chi connectivity index (χ4v) is 5.15. The molecule has 1 N–H and O–H groups in total. The van der Waals surface area contributed by atoms with Crippen LogP contribution >= 0.6 is 23.1 Å². The van der Waals surface area contributed by atoms with Crippen molar-refractivity contribution in [2.75, 3.05) is 5.75 Å². The van der Waals surface area contributed by atoms with Crippen molar-refractivity contribution in [1.82, 2.24) is 15.1 Å². The lowest BCUT2D eigenvalue weighted by Gasteiger charge is -2.23. The number of nitrogens with zero attached hydrogens (tertiary/aromatic N) is 2. The van der Waals surface area contributed by atoms with Crippen LogP contribution in [0.25, 0.3) is 0 Å². The number of thioether (sulfide) groups is 1. The zero-order valence-electron chi connectivity index (χ0n) is 13.1. The molecule has 0 bridgehead atoms. The molecule has 1 aliphatic heterocycles. The van der Waals surface area contributed by atoms with Crippen molar-refractivity contribution in [1.29, 1.82) is 0 Å². The van der Waals surface area contributed by atoms with Crippen molar-refractivity contribution >= 4 is 29.0 Å². The number of aryl methyl sites for hydroxylation is 3. The first-order valence-electron chi connectivity index (χ1n) is 7.54.